The molecule has 1 heterocycles. The standard InChI is InChI=1S/C24H19NO5/c1-28-17-12-10-15(11-13-17)22(26)23-21(19-8-3-4-9-20(19)30-23)25-24(27)16-6-5-7-18(14-16)29-2/h3-14H,1-2H3,(H,25,27). The lowest BCUT2D eigenvalue weighted by atomic mass is 10.1. The van der Waals surface area contributed by atoms with Gasteiger partial charge in [-0.15, -0.1) is 0 Å². The SMILES string of the molecule is COc1ccc(C(=O)c2oc3ccccc3c2NC(=O)c2cccc(OC)c2)cc1. The number of ketones is 1. The number of benzene rings is 3. The lowest BCUT2D eigenvalue weighted by Crippen LogP contribution is -2.14. The van der Waals surface area contributed by atoms with Crippen molar-refractivity contribution in [2.75, 3.05) is 19.5 Å². The minimum absolute atomic E-state index is 0.0672. The third-order valence-electron chi connectivity index (χ3n) is 4.72. The second-order valence-corrected chi connectivity index (χ2v) is 6.55. The summed E-state index contributed by atoms with van der Waals surface area (Å²) in [5.41, 5.74) is 1.67. The molecule has 4 aromatic rings. The van der Waals surface area contributed by atoms with Crippen molar-refractivity contribution in [1.29, 1.82) is 0 Å². The summed E-state index contributed by atoms with van der Waals surface area (Å²) in [6, 6.07) is 20.7. The molecule has 0 radical (unpaired) electrons. The van der Waals surface area contributed by atoms with Crippen molar-refractivity contribution in [1.82, 2.24) is 0 Å². The highest BCUT2D eigenvalue weighted by Crippen LogP contribution is 2.33. The van der Waals surface area contributed by atoms with E-state index < -0.39 is 0 Å². The van der Waals surface area contributed by atoms with Gasteiger partial charge in [0.2, 0.25) is 5.78 Å². The fraction of sp³-hybridized carbons (Fsp3) is 0.0833. The number of furan rings is 1. The number of rotatable bonds is 6. The van der Waals surface area contributed by atoms with Gasteiger partial charge in [-0.2, -0.15) is 0 Å². The number of carbonyl (C=O) groups is 2. The summed E-state index contributed by atoms with van der Waals surface area (Å²) in [6.07, 6.45) is 0. The molecule has 1 N–H and O–H groups in total. The number of para-hydroxylation sites is 1. The van der Waals surface area contributed by atoms with Crippen LogP contribution < -0.4 is 14.8 Å². The second kappa shape index (κ2) is 8.13. The first kappa shape index (κ1) is 19.3. The van der Waals surface area contributed by atoms with E-state index in [1.807, 2.05) is 6.07 Å². The van der Waals surface area contributed by atoms with Gasteiger partial charge in [0.1, 0.15) is 17.1 Å². The van der Waals surface area contributed by atoms with Crippen LogP contribution >= 0.6 is 0 Å². The van der Waals surface area contributed by atoms with Gasteiger partial charge in [0.25, 0.3) is 5.91 Å². The van der Waals surface area contributed by atoms with Gasteiger partial charge in [-0.05, 0) is 54.6 Å². The van der Waals surface area contributed by atoms with E-state index in [-0.39, 0.29) is 17.5 Å². The van der Waals surface area contributed by atoms with E-state index >= 15 is 0 Å². The van der Waals surface area contributed by atoms with Gasteiger partial charge in [-0.3, -0.25) is 9.59 Å². The minimum Gasteiger partial charge on any atom is -0.497 e. The average molecular weight is 401 g/mol. The van der Waals surface area contributed by atoms with Crippen LogP contribution in [0.4, 0.5) is 5.69 Å². The molecule has 0 saturated heterocycles. The Labute approximate surface area is 173 Å². The third-order valence-corrected chi connectivity index (χ3v) is 4.72. The summed E-state index contributed by atoms with van der Waals surface area (Å²) >= 11 is 0. The first-order valence-corrected chi connectivity index (χ1v) is 9.26. The fourth-order valence-electron chi connectivity index (χ4n) is 3.15. The van der Waals surface area contributed by atoms with Crippen LogP contribution in [0.2, 0.25) is 0 Å². The molecular weight excluding hydrogens is 382 g/mol. The Bertz CT molecular complexity index is 1220. The van der Waals surface area contributed by atoms with Crippen LogP contribution in [0.15, 0.2) is 77.2 Å². The maximum absolute atomic E-state index is 13.1. The van der Waals surface area contributed by atoms with Crippen molar-refractivity contribution >= 4 is 28.3 Å². The van der Waals surface area contributed by atoms with Gasteiger partial charge in [-0.25, -0.2) is 0 Å². The summed E-state index contributed by atoms with van der Waals surface area (Å²) < 4.78 is 16.2. The monoisotopic (exact) mass is 401 g/mol. The van der Waals surface area contributed by atoms with Gasteiger partial charge in [0.15, 0.2) is 5.76 Å². The number of methoxy groups -OCH3 is 2. The Hall–Kier alpha value is -4.06. The van der Waals surface area contributed by atoms with Crippen LogP contribution in [0.25, 0.3) is 11.0 Å². The van der Waals surface area contributed by atoms with Crippen LogP contribution in [0, 0.1) is 0 Å². The number of hydrogen-bond donors (Lipinski definition) is 1. The number of hydrogen-bond acceptors (Lipinski definition) is 5. The lowest BCUT2D eigenvalue weighted by molar-refractivity contribution is 0.101. The molecule has 1 aromatic heterocycles. The van der Waals surface area contributed by atoms with Crippen LogP contribution in [-0.2, 0) is 0 Å². The number of carbonyl (C=O) groups excluding carboxylic acids is 2. The van der Waals surface area contributed by atoms with Crippen molar-refractivity contribution in [3.05, 3.63) is 89.7 Å². The Balaban J connectivity index is 1.74. The van der Waals surface area contributed by atoms with Crippen molar-refractivity contribution in [2.45, 2.75) is 0 Å². The molecule has 0 bridgehead atoms. The van der Waals surface area contributed by atoms with Crippen LogP contribution in [0.5, 0.6) is 11.5 Å². The maximum Gasteiger partial charge on any atom is 0.255 e. The first-order valence-electron chi connectivity index (χ1n) is 9.26. The zero-order valence-electron chi connectivity index (χ0n) is 16.5. The normalized spacial score (nSPS) is 10.6. The number of fused-ring (bicyclic) bond motifs is 1. The molecule has 6 heteroatoms. The highest BCUT2D eigenvalue weighted by atomic mass is 16.5. The lowest BCUT2D eigenvalue weighted by Gasteiger charge is -2.08. The zero-order chi connectivity index (χ0) is 21.1. The van der Waals surface area contributed by atoms with Crippen LogP contribution in [-0.4, -0.2) is 25.9 Å². The third kappa shape index (κ3) is 3.63. The fourth-order valence-corrected chi connectivity index (χ4v) is 3.15. The van der Waals surface area contributed by atoms with Gasteiger partial charge < -0.3 is 19.2 Å². The first-order chi connectivity index (χ1) is 14.6. The van der Waals surface area contributed by atoms with E-state index in [1.165, 1.54) is 7.11 Å². The molecule has 1 amide bonds. The van der Waals surface area contributed by atoms with Crippen molar-refractivity contribution in [2.24, 2.45) is 0 Å². The Morgan fingerprint density at radius 1 is 0.800 bits per heavy atom. The summed E-state index contributed by atoms with van der Waals surface area (Å²) in [4.78, 5) is 26.0. The molecular formula is C24H19NO5. The maximum atomic E-state index is 13.1. The Morgan fingerprint density at radius 2 is 1.53 bits per heavy atom. The molecule has 0 spiro atoms. The number of nitrogens with one attached hydrogen (secondary N) is 1. The van der Waals surface area contributed by atoms with Gasteiger partial charge in [0.05, 0.1) is 19.9 Å². The summed E-state index contributed by atoms with van der Waals surface area (Å²) in [5.74, 6) is 0.564. The molecule has 0 unspecified atom stereocenters. The molecule has 4 rings (SSSR count). The zero-order valence-corrected chi connectivity index (χ0v) is 16.5. The topological polar surface area (TPSA) is 77.8 Å². The highest BCUT2D eigenvalue weighted by molar-refractivity contribution is 6.18. The predicted octanol–water partition coefficient (Wildman–Crippen LogP) is 4.93. The molecule has 0 aliphatic heterocycles. The minimum atomic E-state index is -0.371. The molecule has 3 aromatic carbocycles. The van der Waals surface area contributed by atoms with Gasteiger partial charge >= 0.3 is 0 Å². The Kier molecular flexibility index (Phi) is 5.22. The molecule has 0 fully saturated rings. The largest absolute Gasteiger partial charge is 0.497 e. The van der Waals surface area contributed by atoms with Crippen LogP contribution in [0.1, 0.15) is 26.5 Å². The van der Waals surface area contributed by atoms with Crippen molar-refractivity contribution in [3.63, 3.8) is 0 Å². The summed E-state index contributed by atoms with van der Waals surface area (Å²) in [7, 11) is 3.09. The molecule has 150 valence electrons. The van der Waals surface area contributed by atoms with Crippen molar-refractivity contribution in [3.8, 4) is 11.5 Å². The molecule has 0 atom stereocenters. The van der Waals surface area contributed by atoms with Crippen LogP contribution in [0.3, 0.4) is 0 Å². The summed E-state index contributed by atoms with van der Waals surface area (Å²) in [6.45, 7) is 0. The van der Waals surface area contributed by atoms with E-state index in [9.17, 15) is 9.59 Å². The molecule has 0 aliphatic carbocycles. The predicted molar refractivity (Wildman–Crippen MR) is 114 cm³/mol. The van der Waals surface area contributed by atoms with E-state index in [0.717, 1.165) is 0 Å². The number of anilines is 1. The summed E-state index contributed by atoms with van der Waals surface area (Å²) in [5, 5.41) is 3.48. The van der Waals surface area contributed by atoms with Crippen molar-refractivity contribution < 1.29 is 23.5 Å². The molecule has 30 heavy (non-hydrogen) atoms. The van der Waals surface area contributed by atoms with Gasteiger partial charge in [0, 0.05) is 16.5 Å². The second-order valence-electron chi connectivity index (χ2n) is 6.55. The number of ether oxygens (including phenoxy) is 2. The van der Waals surface area contributed by atoms with E-state index in [2.05, 4.69) is 5.32 Å². The number of amides is 1. The Morgan fingerprint density at radius 3 is 2.27 bits per heavy atom. The van der Waals surface area contributed by atoms with E-state index in [1.54, 1.807) is 73.8 Å². The molecule has 0 saturated carbocycles. The highest BCUT2D eigenvalue weighted by Gasteiger charge is 2.24. The average Bonchev–Trinajstić information content (AvgIpc) is 3.17. The van der Waals surface area contributed by atoms with E-state index in [0.29, 0.717) is 39.3 Å². The van der Waals surface area contributed by atoms with E-state index in [4.69, 9.17) is 13.9 Å². The molecule has 0 aliphatic rings. The molecule has 6 nitrogen and oxygen atoms in total. The van der Waals surface area contributed by atoms with Gasteiger partial charge in [-0.1, -0.05) is 18.2 Å². The quantitative estimate of drug-likeness (QED) is 0.463. The smallest absolute Gasteiger partial charge is 0.255 e.